The number of amides is 1. The number of benzene rings is 1. The first-order chi connectivity index (χ1) is 11.3. The summed E-state index contributed by atoms with van der Waals surface area (Å²) in [5, 5.41) is 11.1. The quantitative estimate of drug-likeness (QED) is 0.907. The van der Waals surface area contributed by atoms with Gasteiger partial charge in [0, 0.05) is 37.3 Å². The van der Waals surface area contributed by atoms with E-state index in [1.54, 1.807) is 17.0 Å². The van der Waals surface area contributed by atoms with Gasteiger partial charge in [0.15, 0.2) is 5.75 Å². The highest BCUT2D eigenvalue weighted by molar-refractivity contribution is 7.92. The van der Waals surface area contributed by atoms with E-state index in [4.69, 9.17) is 0 Å². The van der Waals surface area contributed by atoms with Gasteiger partial charge < -0.3 is 10.0 Å². The monoisotopic (exact) mass is 349 g/mol. The predicted octanol–water partition coefficient (Wildman–Crippen LogP) is 1.70. The Morgan fingerprint density at radius 2 is 2.12 bits per heavy atom. The number of hydrogen-bond acceptors (Lipinski definition) is 5. The van der Waals surface area contributed by atoms with E-state index in [9.17, 15) is 18.3 Å². The first kappa shape index (κ1) is 16.5. The number of hydrogen-bond donors (Lipinski definition) is 1. The van der Waals surface area contributed by atoms with Crippen molar-refractivity contribution < 1.29 is 18.3 Å². The Kier molecular flexibility index (Phi) is 3.87. The van der Waals surface area contributed by atoms with E-state index in [0.717, 1.165) is 17.0 Å². The Hall–Kier alpha value is -2.35. The van der Waals surface area contributed by atoms with Gasteiger partial charge in [-0.15, -0.1) is 0 Å². The van der Waals surface area contributed by atoms with Gasteiger partial charge >= 0.3 is 0 Å². The van der Waals surface area contributed by atoms with Crippen LogP contribution < -0.4 is 4.31 Å². The summed E-state index contributed by atoms with van der Waals surface area (Å²) in [6.07, 6.45) is 3.38. The molecule has 1 aromatic heterocycles. The number of aromatic nitrogens is 1. The van der Waals surface area contributed by atoms with Crippen molar-refractivity contribution >= 4 is 32.5 Å². The standard InChI is InChI=1S/C16H19N3O4S/c1-4-8-19-9-11-12(16(19)21)15(20)13-10(6-5-7-17-13)14(11)18(2)24(3,22)23/h5-7,20H,4,8-9H2,1-3H3. The SMILES string of the molecule is CCCN1Cc2c(c(O)c3ncccc3c2N(C)S(C)(=O)=O)C1=O. The van der Waals surface area contributed by atoms with Crippen LogP contribution in [0.2, 0.25) is 0 Å². The molecule has 2 heterocycles. The minimum Gasteiger partial charge on any atom is -0.505 e. The van der Waals surface area contributed by atoms with Crippen molar-refractivity contribution in [1.29, 1.82) is 0 Å². The molecule has 0 bridgehead atoms. The summed E-state index contributed by atoms with van der Waals surface area (Å²) >= 11 is 0. The Morgan fingerprint density at radius 1 is 1.42 bits per heavy atom. The van der Waals surface area contributed by atoms with Crippen LogP contribution in [0.15, 0.2) is 18.3 Å². The summed E-state index contributed by atoms with van der Waals surface area (Å²) in [5.74, 6) is -0.477. The molecule has 0 saturated carbocycles. The van der Waals surface area contributed by atoms with Crippen LogP contribution in [0.4, 0.5) is 5.69 Å². The molecular formula is C16H19N3O4S. The lowest BCUT2D eigenvalue weighted by atomic mass is 10.0. The molecule has 0 spiro atoms. The lowest BCUT2D eigenvalue weighted by Gasteiger charge is -2.22. The van der Waals surface area contributed by atoms with E-state index >= 15 is 0 Å². The lowest BCUT2D eigenvalue weighted by Crippen LogP contribution is -2.27. The van der Waals surface area contributed by atoms with Gasteiger partial charge in [0.2, 0.25) is 10.0 Å². The number of phenolic OH excluding ortho intramolecular Hbond substituents is 1. The van der Waals surface area contributed by atoms with Crippen LogP contribution in [0.1, 0.15) is 29.3 Å². The van der Waals surface area contributed by atoms with Gasteiger partial charge in [-0.05, 0) is 18.6 Å². The fourth-order valence-corrected chi connectivity index (χ4v) is 3.65. The molecule has 0 unspecified atom stereocenters. The maximum absolute atomic E-state index is 12.6. The minimum atomic E-state index is -3.53. The molecule has 0 fully saturated rings. The first-order valence-electron chi connectivity index (χ1n) is 7.63. The second kappa shape index (κ2) is 5.62. The predicted molar refractivity (Wildman–Crippen MR) is 91.7 cm³/mol. The van der Waals surface area contributed by atoms with Gasteiger partial charge in [-0.2, -0.15) is 0 Å². The molecular weight excluding hydrogens is 330 g/mol. The third-order valence-electron chi connectivity index (χ3n) is 4.27. The van der Waals surface area contributed by atoms with Crippen LogP contribution >= 0.6 is 0 Å². The number of carbonyl (C=O) groups excluding carboxylic acids is 1. The van der Waals surface area contributed by atoms with Crippen molar-refractivity contribution in [2.75, 3.05) is 24.2 Å². The van der Waals surface area contributed by atoms with Crippen molar-refractivity contribution in [2.24, 2.45) is 0 Å². The maximum atomic E-state index is 12.6. The zero-order chi connectivity index (χ0) is 17.6. The highest BCUT2D eigenvalue weighted by Gasteiger charge is 2.36. The summed E-state index contributed by atoms with van der Waals surface area (Å²) in [4.78, 5) is 18.4. The van der Waals surface area contributed by atoms with Crippen LogP contribution in [0, 0.1) is 0 Å². The lowest BCUT2D eigenvalue weighted by molar-refractivity contribution is 0.0776. The van der Waals surface area contributed by atoms with E-state index in [-0.39, 0.29) is 29.3 Å². The van der Waals surface area contributed by atoms with Crippen LogP contribution in [-0.4, -0.2) is 49.2 Å². The molecule has 3 rings (SSSR count). The fourth-order valence-electron chi connectivity index (χ4n) is 3.11. The number of sulfonamides is 1. The van der Waals surface area contributed by atoms with Gasteiger partial charge in [-0.3, -0.25) is 14.1 Å². The number of aromatic hydroxyl groups is 1. The summed E-state index contributed by atoms with van der Waals surface area (Å²) < 4.78 is 25.3. The molecule has 128 valence electrons. The Balaban J connectivity index is 2.38. The van der Waals surface area contributed by atoms with Gasteiger partial charge in [-0.1, -0.05) is 6.92 Å². The van der Waals surface area contributed by atoms with Crippen molar-refractivity contribution in [3.63, 3.8) is 0 Å². The topological polar surface area (TPSA) is 90.8 Å². The normalized spacial score (nSPS) is 14.3. The minimum absolute atomic E-state index is 0.153. The molecule has 1 aliphatic rings. The zero-order valence-corrected chi connectivity index (χ0v) is 14.6. The van der Waals surface area contributed by atoms with Crippen molar-refractivity contribution in [1.82, 2.24) is 9.88 Å². The number of phenols is 1. The highest BCUT2D eigenvalue weighted by Crippen LogP contribution is 2.44. The summed E-state index contributed by atoms with van der Waals surface area (Å²) in [7, 11) is -2.09. The van der Waals surface area contributed by atoms with E-state index in [1.165, 1.54) is 13.2 Å². The average Bonchev–Trinajstić information content (AvgIpc) is 2.84. The van der Waals surface area contributed by atoms with E-state index < -0.39 is 10.0 Å². The molecule has 2 aromatic rings. The number of nitrogens with zero attached hydrogens (tertiary/aromatic N) is 3. The van der Waals surface area contributed by atoms with E-state index in [0.29, 0.717) is 23.2 Å². The number of carbonyl (C=O) groups is 1. The Morgan fingerprint density at radius 3 is 2.75 bits per heavy atom. The average molecular weight is 349 g/mol. The molecule has 8 heteroatoms. The molecule has 7 nitrogen and oxygen atoms in total. The summed E-state index contributed by atoms with van der Waals surface area (Å²) in [5.41, 5.74) is 1.31. The highest BCUT2D eigenvalue weighted by atomic mass is 32.2. The fraction of sp³-hybridized carbons (Fsp3) is 0.375. The Labute approximate surface area is 140 Å². The van der Waals surface area contributed by atoms with Crippen molar-refractivity contribution in [2.45, 2.75) is 19.9 Å². The molecule has 1 N–H and O–H groups in total. The maximum Gasteiger partial charge on any atom is 0.258 e. The van der Waals surface area contributed by atoms with Crippen molar-refractivity contribution in [3.05, 3.63) is 29.5 Å². The largest absolute Gasteiger partial charge is 0.505 e. The second-order valence-corrected chi connectivity index (χ2v) is 7.92. The molecule has 1 amide bonds. The molecule has 0 radical (unpaired) electrons. The summed E-state index contributed by atoms with van der Waals surface area (Å²) in [6, 6.07) is 3.38. The van der Waals surface area contributed by atoms with Crippen LogP contribution in [0.5, 0.6) is 5.75 Å². The third-order valence-corrected chi connectivity index (χ3v) is 5.45. The van der Waals surface area contributed by atoms with E-state index in [1.807, 2.05) is 6.92 Å². The van der Waals surface area contributed by atoms with Crippen LogP contribution in [0.25, 0.3) is 10.9 Å². The van der Waals surface area contributed by atoms with Crippen LogP contribution in [0.3, 0.4) is 0 Å². The molecule has 0 atom stereocenters. The van der Waals surface area contributed by atoms with Gasteiger partial charge in [0.25, 0.3) is 5.91 Å². The molecule has 1 aliphatic heterocycles. The van der Waals surface area contributed by atoms with Crippen LogP contribution in [-0.2, 0) is 16.6 Å². The number of fused-ring (bicyclic) bond motifs is 2. The van der Waals surface area contributed by atoms with Crippen molar-refractivity contribution in [3.8, 4) is 5.75 Å². The first-order valence-corrected chi connectivity index (χ1v) is 9.47. The van der Waals surface area contributed by atoms with Gasteiger partial charge in [0.05, 0.1) is 17.5 Å². The smallest absolute Gasteiger partial charge is 0.258 e. The second-order valence-electron chi connectivity index (χ2n) is 5.91. The summed E-state index contributed by atoms with van der Waals surface area (Å²) in [6.45, 7) is 2.77. The van der Waals surface area contributed by atoms with Gasteiger partial charge in [0.1, 0.15) is 5.52 Å². The molecule has 0 aliphatic carbocycles. The number of pyridine rings is 1. The third kappa shape index (κ3) is 2.37. The number of anilines is 1. The Bertz CT molecular complexity index is 940. The molecule has 1 aromatic carbocycles. The molecule has 0 saturated heterocycles. The number of rotatable bonds is 4. The van der Waals surface area contributed by atoms with E-state index in [2.05, 4.69) is 4.98 Å². The molecule has 24 heavy (non-hydrogen) atoms. The zero-order valence-electron chi connectivity index (χ0n) is 13.8. The van der Waals surface area contributed by atoms with Gasteiger partial charge in [-0.25, -0.2) is 8.42 Å².